The molecule has 0 bridgehead atoms. The van der Waals surface area contributed by atoms with E-state index in [1.807, 2.05) is 12.1 Å². The third-order valence-corrected chi connectivity index (χ3v) is 5.73. The summed E-state index contributed by atoms with van der Waals surface area (Å²) in [5.41, 5.74) is 1.36. The molecule has 3 heterocycles. The topological polar surface area (TPSA) is 71.0 Å². The van der Waals surface area contributed by atoms with Crippen LogP contribution in [0.25, 0.3) is 10.2 Å². The molecule has 8 heteroatoms. The highest BCUT2D eigenvalue weighted by atomic mass is 79.9. The number of hydrogen-bond donors (Lipinski definition) is 1. The summed E-state index contributed by atoms with van der Waals surface area (Å²) in [6.07, 6.45) is 6.55. The van der Waals surface area contributed by atoms with Crippen molar-refractivity contribution in [2.75, 3.05) is 18.0 Å². The van der Waals surface area contributed by atoms with Gasteiger partial charge in [0.05, 0.1) is 16.4 Å². The number of thiazole rings is 1. The minimum Gasteiger partial charge on any atom is -0.346 e. The smallest absolute Gasteiger partial charge is 0.271 e. The lowest BCUT2D eigenvalue weighted by Gasteiger charge is -2.32. The zero-order valence-electron chi connectivity index (χ0n) is 13.4. The Hall–Kier alpha value is -2.06. The van der Waals surface area contributed by atoms with Crippen molar-refractivity contribution in [3.05, 3.63) is 47.0 Å². The average molecular weight is 418 g/mol. The maximum atomic E-state index is 12.3. The number of fused-ring (bicyclic) bond motifs is 1. The molecule has 6 nitrogen and oxygen atoms in total. The van der Waals surface area contributed by atoms with E-state index in [0.29, 0.717) is 5.69 Å². The number of piperidine rings is 1. The van der Waals surface area contributed by atoms with Crippen molar-refractivity contribution in [1.29, 1.82) is 0 Å². The fourth-order valence-electron chi connectivity index (χ4n) is 2.97. The summed E-state index contributed by atoms with van der Waals surface area (Å²) >= 11 is 5.19. The Morgan fingerprint density at radius 3 is 3.12 bits per heavy atom. The van der Waals surface area contributed by atoms with E-state index < -0.39 is 0 Å². The summed E-state index contributed by atoms with van der Waals surface area (Å²) in [6.45, 7) is 1.71. The fourth-order valence-corrected chi connectivity index (χ4v) is 4.52. The van der Waals surface area contributed by atoms with Gasteiger partial charge in [0.2, 0.25) is 0 Å². The molecule has 4 rings (SSSR count). The molecule has 1 saturated heterocycles. The standard InChI is InChI=1S/C17H16BrN5OS/c18-11-3-4-13-15(8-11)25-17(22-13)23-7-1-2-12(10-23)21-16(24)14-9-19-5-6-20-14/h3-6,8-9,12H,1-2,7,10H2,(H,21,24). The third kappa shape index (κ3) is 3.64. The van der Waals surface area contributed by atoms with Gasteiger partial charge in [-0.2, -0.15) is 0 Å². The van der Waals surface area contributed by atoms with Gasteiger partial charge in [0.15, 0.2) is 5.13 Å². The molecular weight excluding hydrogens is 402 g/mol. The van der Waals surface area contributed by atoms with Crippen molar-refractivity contribution >= 4 is 48.5 Å². The van der Waals surface area contributed by atoms with Gasteiger partial charge >= 0.3 is 0 Å². The molecule has 0 saturated carbocycles. The van der Waals surface area contributed by atoms with E-state index in [2.05, 4.69) is 42.2 Å². The normalized spacial score (nSPS) is 17.6. The highest BCUT2D eigenvalue weighted by Crippen LogP contribution is 2.32. The van der Waals surface area contributed by atoms with Crippen LogP contribution >= 0.6 is 27.3 Å². The first-order valence-electron chi connectivity index (χ1n) is 8.07. The van der Waals surface area contributed by atoms with Crippen molar-refractivity contribution in [1.82, 2.24) is 20.3 Å². The molecule has 1 N–H and O–H groups in total. The lowest BCUT2D eigenvalue weighted by atomic mass is 10.1. The summed E-state index contributed by atoms with van der Waals surface area (Å²) in [4.78, 5) is 27.3. The van der Waals surface area contributed by atoms with Gasteiger partial charge < -0.3 is 10.2 Å². The van der Waals surface area contributed by atoms with E-state index in [4.69, 9.17) is 4.98 Å². The number of halogens is 1. The van der Waals surface area contributed by atoms with Crippen LogP contribution in [0.1, 0.15) is 23.3 Å². The summed E-state index contributed by atoms with van der Waals surface area (Å²) in [5, 5.41) is 4.07. The maximum Gasteiger partial charge on any atom is 0.271 e. The van der Waals surface area contributed by atoms with Crippen LogP contribution in [0.5, 0.6) is 0 Å². The number of anilines is 1. The quantitative estimate of drug-likeness (QED) is 0.707. The molecule has 0 spiro atoms. The maximum absolute atomic E-state index is 12.3. The number of hydrogen-bond acceptors (Lipinski definition) is 6. The first kappa shape index (κ1) is 16.4. The summed E-state index contributed by atoms with van der Waals surface area (Å²) < 4.78 is 2.22. The lowest BCUT2D eigenvalue weighted by molar-refractivity contribution is 0.0927. The van der Waals surface area contributed by atoms with E-state index in [1.54, 1.807) is 17.5 Å². The van der Waals surface area contributed by atoms with E-state index in [-0.39, 0.29) is 11.9 Å². The number of nitrogens with one attached hydrogen (secondary N) is 1. The highest BCUT2D eigenvalue weighted by Gasteiger charge is 2.24. The lowest BCUT2D eigenvalue weighted by Crippen LogP contribution is -2.48. The van der Waals surface area contributed by atoms with Gasteiger partial charge in [-0.05, 0) is 31.0 Å². The van der Waals surface area contributed by atoms with E-state index in [1.165, 1.54) is 12.4 Å². The minimum absolute atomic E-state index is 0.0852. The fraction of sp³-hybridized carbons (Fsp3) is 0.294. The highest BCUT2D eigenvalue weighted by molar-refractivity contribution is 9.10. The zero-order valence-corrected chi connectivity index (χ0v) is 15.8. The molecule has 1 unspecified atom stereocenters. The first-order valence-corrected chi connectivity index (χ1v) is 9.68. The Morgan fingerprint density at radius 1 is 1.36 bits per heavy atom. The van der Waals surface area contributed by atoms with E-state index in [0.717, 1.165) is 45.8 Å². The van der Waals surface area contributed by atoms with Crippen LogP contribution in [-0.4, -0.2) is 40.0 Å². The van der Waals surface area contributed by atoms with Gasteiger partial charge in [-0.15, -0.1) is 0 Å². The third-order valence-electron chi connectivity index (χ3n) is 4.16. The Labute approximate surface area is 157 Å². The van der Waals surface area contributed by atoms with Crippen LogP contribution in [0, 0.1) is 0 Å². The molecule has 0 aliphatic carbocycles. The molecule has 25 heavy (non-hydrogen) atoms. The second-order valence-corrected chi connectivity index (χ2v) is 7.88. The van der Waals surface area contributed by atoms with Gasteiger partial charge in [-0.25, -0.2) is 9.97 Å². The van der Waals surface area contributed by atoms with Crippen molar-refractivity contribution in [3.63, 3.8) is 0 Å². The van der Waals surface area contributed by atoms with Crippen molar-refractivity contribution in [2.45, 2.75) is 18.9 Å². The van der Waals surface area contributed by atoms with Crippen LogP contribution in [-0.2, 0) is 0 Å². The summed E-state index contributed by atoms with van der Waals surface area (Å²) in [5.74, 6) is -0.173. The Balaban J connectivity index is 1.47. The second-order valence-electron chi connectivity index (χ2n) is 5.96. The Morgan fingerprint density at radius 2 is 2.28 bits per heavy atom. The molecule has 1 fully saturated rings. The predicted molar refractivity (Wildman–Crippen MR) is 102 cm³/mol. The molecule has 0 radical (unpaired) electrons. The number of amides is 1. The average Bonchev–Trinajstić information content (AvgIpc) is 3.06. The first-order chi connectivity index (χ1) is 12.2. The molecule has 1 aliphatic rings. The largest absolute Gasteiger partial charge is 0.346 e. The van der Waals surface area contributed by atoms with E-state index in [9.17, 15) is 4.79 Å². The Bertz CT molecular complexity index is 900. The molecular formula is C17H16BrN5OS. The molecule has 1 amide bonds. The molecule has 1 aliphatic heterocycles. The van der Waals surface area contributed by atoms with E-state index >= 15 is 0 Å². The van der Waals surface area contributed by atoms with Gasteiger partial charge in [-0.1, -0.05) is 27.3 Å². The van der Waals surface area contributed by atoms with Crippen LogP contribution in [0.3, 0.4) is 0 Å². The predicted octanol–water partition coefficient (Wildman–Crippen LogP) is 3.25. The van der Waals surface area contributed by atoms with Crippen LogP contribution in [0.4, 0.5) is 5.13 Å². The van der Waals surface area contributed by atoms with Crippen LogP contribution < -0.4 is 10.2 Å². The molecule has 1 aromatic carbocycles. The second kappa shape index (κ2) is 7.05. The Kier molecular flexibility index (Phi) is 4.63. The van der Waals surface area contributed by atoms with Gasteiger partial charge in [0.25, 0.3) is 5.91 Å². The monoisotopic (exact) mass is 417 g/mol. The molecule has 3 aromatic rings. The van der Waals surface area contributed by atoms with Gasteiger partial charge in [0, 0.05) is 36.0 Å². The summed E-state index contributed by atoms with van der Waals surface area (Å²) in [6, 6.07) is 6.21. The zero-order chi connectivity index (χ0) is 17.2. The molecule has 1 atom stereocenters. The molecule has 128 valence electrons. The SMILES string of the molecule is O=C(NC1CCCN(c2nc3ccc(Br)cc3s2)C1)c1cnccn1. The van der Waals surface area contributed by atoms with Crippen molar-refractivity contribution in [3.8, 4) is 0 Å². The number of carbonyl (C=O) groups excluding carboxylic acids is 1. The summed E-state index contributed by atoms with van der Waals surface area (Å²) in [7, 11) is 0. The van der Waals surface area contributed by atoms with Crippen LogP contribution in [0.2, 0.25) is 0 Å². The van der Waals surface area contributed by atoms with Gasteiger partial charge in [0.1, 0.15) is 5.69 Å². The number of carbonyl (C=O) groups is 1. The number of aromatic nitrogens is 3. The minimum atomic E-state index is -0.173. The van der Waals surface area contributed by atoms with Crippen LogP contribution in [0.15, 0.2) is 41.3 Å². The number of rotatable bonds is 3. The van der Waals surface area contributed by atoms with Crippen molar-refractivity contribution in [2.24, 2.45) is 0 Å². The number of benzene rings is 1. The number of nitrogens with zero attached hydrogens (tertiary/aromatic N) is 4. The molecule has 2 aromatic heterocycles. The van der Waals surface area contributed by atoms with Crippen molar-refractivity contribution < 1.29 is 4.79 Å². The van der Waals surface area contributed by atoms with Gasteiger partial charge in [-0.3, -0.25) is 9.78 Å².